The number of likely N-dealkylation sites (N-methyl/N-ethyl adjacent to an activating group) is 1. The summed E-state index contributed by atoms with van der Waals surface area (Å²) in [7, 11) is 1.93. The molecule has 1 saturated carbocycles. The van der Waals surface area contributed by atoms with E-state index in [1.807, 2.05) is 18.7 Å². The first-order valence-corrected chi connectivity index (χ1v) is 5.92. The number of aromatic nitrogens is 2. The molecule has 1 fully saturated rings. The zero-order valence-corrected chi connectivity index (χ0v) is 10.3. The first kappa shape index (κ1) is 11.6. The van der Waals surface area contributed by atoms with Gasteiger partial charge in [-0.25, -0.2) is 0 Å². The van der Waals surface area contributed by atoms with Crippen LogP contribution in [0.1, 0.15) is 24.2 Å². The third kappa shape index (κ3) is 1.99. The van der Waals surface area contributed by atoms with Crippen molar-refractivity contribution < 1.29 is 5.11 Å². The van der Waals surface area contributed by atoms with Crippen molar-refractivity contribution in [3.63, 3.8) is 0 Å². The summed E-state index contributed by atoms with van der Waals surface area (Å²) in [5.41, 5.74) is 2.01. The van der Waals surface area contributed by atoms with Crippen molar-refractivity contribution in [3.05, 3.63) is 17.5 Å². The van der Waals surface area contributed by atoms with Crippen LogP contribution in [0.15, 0.2) is 6.07 Å². The molecule has 1 atom stereocenters. The highest BCUT2D eigenvalue weighted by Gasteiger charge is 2.44. The molecular formula is C12H21N3O. The Morgan fingerprint density at radius 1 is 1.56 bits per heavy atom. The monoisotopic (exact) mass is 223 g/mol. The van der Waals surface area contributed by atoms with Crippen molar-refractivity contribution in [1.29, 1.82) is 0 Å². The summed E-state index contributed by atoms with van der Waals surface area (Å²) < 4.78 is 2.00. The van der Waals surface area contributed by atoms with Gasteiger partial charge in [-0.15, -0.1) is 0 Å². The van der Waals surface area contributed by atoms with Gasteiger partial charge in [0.1, 0.15) is 0 Å². The summed E-state index contributed by atoms with van der Waals surface area (Å²) in [4.78, 5) is 0. The molecule has 0 aromatic carbocycles. The molecule has 1 aliphatic rings. The lowest BCUT2D eigenvalue weighted by Crippen LogP contribution is -2.52. The van der Waals surface area contributed by atoms with E-state index in [1.165, 1.54) is 12.8 Å². The fourth-order valence-corrected chi connectivity index (χ4v) is 2.41. The van der Waals surface area contributed by atoms with Crippen LogP contribution >= 0.6 is 0 Å². The van der Waals surface area contributed by atoms with E-state index >= 15 is 0 Å². The van der Waals surface area contributed by atoms with E-state index in [0.717, 1.165) is 17.9 Å². The van der Waals surface area contributed by atoms with Crippen molar-refractivity contribution in [2.75, 3.05) is 13.7 Å². The van der Waals surface area contributed by atoms with Gasteiger partial charge in [0.2, 0.25) is 0 Å². The van der Waals surface area contributed by atoms with Crippen LogP contribution in [0.25, 0.3) is 0 Å². The third-order valence-corrected chi connectivity index (χ3v) is 3.67. The predicted molar refractivity (Wildman–Crippen MR) is 63.3 cm³/mol. The summed E-state index contributed by atoms with van der Waals surface area (Å²) in [5.74, 6) is 0.589. The zero-order valence-electron chi connectivity index (χ0n) is 10.3. The van der Waals surface area contributed by atoms with Crippen LogP contribution in [-0.4, -0.2) is 34.1 Å². The molecule has 0 saturated heterocycles. The number of hydrogen-bond acceptors (Lipinski definition) is 3. The molecule has 1 aromatic heterocycles. The van der Waals surface area contributed by atoms with Gasteiger partial charge in [0.05, 0.1) is 24.4 Å². The van der Waals surface area contributed by atoms with Crippen molar-refractivity contribution in [1.82, 2.24) is 15.1 Å². The van der Waals surface area contributed by atoms with Crippen LogP contribution in [0.3, 0.4) is 0 Å². The minimum atomic E-state index is -0.191. The van der Waals surface area contributed by atoms with Gasteiger partial charge in [0, 0.05) is 5.69 Å². The second-order valence-corrected chi connectivity index (χ2v) is 4.92. The maximum Gasteiger partial charge on any atom is 0.0638 e. The molecule has 0 spiro atoms. The molecule has 0 amide bonds. The highest BCUT2D eigenvalue weighted by atomic mass is 16.3. The van der Waals surface area contributed by atoms with Crippen LogP contribution in [-0.2, 0) is 6.54 Å². The Kier molecular flexibility index (Phi) is 3.04. The normalized spacial score (nSPS) is 19.8. The van der Waals surface area contributed by atoms with Gasteiger partial charge in [0.25, 0.3) is 0 Å². The molecule has 16 heavy (non-hydrogen) atoms. The molecule has 90 valence electrons. The number of rotatable bonds is 5. The maximum atomic E-state index is 9.64. The number of aliphatic hydroxyl groups excluding tert-OH is 1. The fourth-order valence-electron chi connectivity index (χ4n) is 2.41. The molecule has 0 bridgehead atoms. The average molecular weight is 223 g/mol. The van der Waals surface area contributed by atoms with E-state index in [0.29, 0.717) is 5.92 Å². The number of nitrogens with one attached hydrogen (secondary N) is 1. The van der Waals surface area contributed by atoms with Crippen LogP contribution in [0.5, 0.6) is 0 Å². The van der Waals surface area contributed by atoms with E-state index in [1.54, 1.807) is 0 Å². The fraction of sp³-hybridized carbons (Fsp3) is 0.750. The summed E-state index contributed by atoms with van der Waals surface area (Å²) in [6, 6.07) is 2.07. The van der Waals surface area contributed by atoms with Gasteiger partial charge >= 0.3 is 0 Å². The Hall–Kier alpha value is -0.870. The Bertz CT molecular complexity index is 364. The van der Waals surface area contributed by atoms with Gasteiger partial charge in [-0.3, -0.25) is 4.68 Å². The SMILES string of the molecule is CNC(CO)(Cn1nc(C)cc1C)C1CC1. The summed E-state index contributed by atoms with van der Waals surface area (Å²) in [5, 5.41) is 17.4. The Labute approximate surface area is 96.7 Å². The van der Waals surface area contributed by atoms with E-state index in [2.05, 4.69) is 23.4 Å². The van der Waals surface area contributed by atoms with Gasteiger partial charge in [-0.2, -0.15) is 5.10 Å². The van der Waals surface area contributed by atoms with E-state index < -0.39 is 0 Å². The van der Waals surface area contributed by atoms with E-state index in [-0.39, 0.29) is 12.1 Å². The molecule has 2 rings (SSSR count). The lowest BCUT2D eigenvalue weighted by atomic mass is 9.94. The average Bonchev–Trinajstić information content (AvgIpc) is 3.04. The second-order valence-electron chi connectivity index (χ2n) is 4.92. The van der Waals surface area contributed by atoms with Crippen LogP contribution < -0.4 is 5.32 Å². The van der Waals surface area contributed by atoms with Crippen LogP contribution in [0, 0.1) is 19.8 Å². The predicted octanol–water partition coefficient (Wildman–Crippen LogP) is 0.860. The summed E-state index contributed by atoms with van der Waals surface area (Å²) in [6.45, 7) is 4.99. The molecule has 4 nitrogen and oxygen atoms in total. The van der Waals surface area contributed by atoms with Gasteiger partial charge < -0.3 is 10.4 Å². The molecule has 0 aliphatic heterocycles. The number of nitrogens with zero attached hydrogens (tertiary/aromatic N) is 2. The number of aliphatic hydroxyl groups is 1. The van der Waals surface area contributed by atoms with Gasteiger partial charge in [0.15, 0.2) is 0 Å². The highest BCUT2D eigenvalue weighted by molar-refractivity contribution is 5.09. The summed E-state index contributed by atoms with van der Waals surface area (Å²) in [6.07, 6.45) is 2.42. The van der Waals surface area contributed by atoms with E-state index in [9.17, 15) is 5.11 Å². The Balaban J connectivity index is 2.19. The minimum absolute atomic E-state index is 0.173. The molecule has 1 heterocycles. The third-order valence-electron chi connectivity index (χ3n) is 3.67. The molecule has 0 radical (unpaired) electrons. The number of hydrogen-bond donors (Lipinski definition) is 2. The lowest BCUT2D eigenvalue weighted by molar-refractivity contribution is 0.125. The minimum Gasteiger partial charge on any atom is -0.394 e. The van der Waals surface area contributed by atoms with Crippen molar-refractivity contribution in [2.24, 2.45) is 5.92 Å². The second kappa shape index (κ2) is 4.18. The molecule has 1 aliphatic carbocycles. The van der Waals surface area contributed by atoms with Gasteiger partial charge in [-0.1, -0.05) is 0 Å². The lowest BCUT2D eigenvalue weighted by Gasteiger charge is -2.32. The first-order valence-electron chi connectivity index (χ1n) is 5.92. The largest absolute Gasteiger partial charge is 0.394 e. The molecule has 2 N–H and O–H groups in total. The highest BCUT2D eigenvalue weighted by Crippen LogP contribution is 2.40. The standard InChI is InChI=1S/C12H21N3O/c1-9-6-10(2)15(14-9)7-12(8-16,13-3)11-4-5-11/h6,11,13,16H,4-5,7-8H2,1-3H3. The van der Waals surface area contributed by atoms with Gasteiger partial charge in [-0.05, 0) is 45.7 Å². The topological polar surface area (TPSA) is 50.1 Å². The van der Waals surface area contributed by atoms with Crippen molar-refractivity contribution >= 4 is 0 Å². The number of aryl methyl sites for hydroxylation is 2. The quantitative estimate of drug-likeness (QED) is 0.778. The van der Waals surface area contributed by atoms with Crippen LogP contribution in [0.4, 0.5) is 0 Å². The van der Waals surface area contributed by atoms with Crippen molar-refractivity contribution in [3.8, 4) is 0 Å². The van der Waals surface area contributed by atoms with Crippen LogP contribution in [0.2, 0.25) is 0 Å². The molecule has 1 aromatic rings. The zero-order chi connectivity index (χ0) is 11.8. The molecular weight excluding hydrogens is 202 g/mol. The Morgan fingerprint density at radius 2 is 2.25 bits per heavy atom. The van der Waals surface area contributed by atoms with E-state index in [4.69, 9.17) is 0 Å². The Morgan fingerprint density at radius 3 is 2.62 bits per heavy atom. The molecule has 4 heteroatoms. The molecule has 1 unspecified atom stereocenters. The maximum absolute atomic E-state index is 9.64. The van der Waals surface area contributed by atoms with Crippen molar-refractivity contribution in [2.45, 2.75) is 38.8 Å². The smallest absolute Gasteiger partial charge is 0.0638 e. The summed E-state index contributed by atoms with van der Waals surface area (Å²) >= 11 is 0. The first-order chi connectivity index (χ1) is 7.61.